The summed E-state index contributed by atoms with van der Waals surface area (Å²) < 4.78 is 14.1. The van der Waals surface area contributed by atoms with Crippen molar-refractivity contribution < 1.29 is 9.18 Å². The summed E-state index contributed by atoms with van der Waals surface area (Å²) in [6, 6.07) is 4.56. The number of halogens is 2. The summed E-state index contributed by atoms with van der Waals surface area (Å²) >= 11 is 3.16. The van der Waals surface area contributed by atoms with Gasteiger partial charge in [-0.25, -0.2) is 4.39 Å². The Morgan fingerprint density at radius 2 is 2.24 bits per heavy atom. The van der Waals surface area contributed by atoms with Crippen LogP contribution in [0.3, 0.4) is 0 Å². The SMILES string of the molecule is O=C(CNCC1CC1)Nc1ccc(Br)cc1F. The molecule has 0 atom stereocenters. The maximum atomic E-state index is 13.4. The van der Waals surface area contributed by atoms with E-state index in [2.05, 4.69) is 26.6 Å². The van der Waals surface area contributed by atoms with E-state index in [1.165, 1.54) is 25.0 Å². The van der Waals surface area contributed by atoms with Crippen LogP contribution >= 0.6 is 15.9 Å². The van der Waals surface area contributed by atoms with Crippen LogP contribution in [-0.4, -0.2) is 19.0 Å². The van der Waals surface area contributed by atoms with Gasteiger partial charge in [0.05, 0.1) is 12.2 Å². The normalized spacial score (nSPS) is 14.7. The number of nitrogens with one attached hydrogen (secondary N) is 2. The number of benzene rings is 1. The monoisotopic (exact) mass is 300 g/mol. The van der Waals surface area contributed by atoms with Gasteiger partial charge in [-0.05, 0) is 43.5 Å². The highest BCUT2D eigenvalue weighted by atomic mass is 79.9. The molecule has 92 valence electrons. The van der Waals surface area contributed by atoms with Gasteiger partial charge in [-0.1, -0.05) is 15.9 Å². The van der Waals surface area contributed by atoms with Crippen molar-refractivity contribution in [2.24, 2.45) is 5.92 Å². The van der Waals surface area contributed by atoms with Crippen molar-refractivity contribution >= 4 is 27.5 Å². The van der Waals surface area contributed by atoms with Crippen LogP contribution in [0.1, 0.15) is 12.8 Å². The second kappa shape index (κ2) is 5.60. The van der Waals surface area contributed by atoms with Gasteiger partial charge in [-0.2, -0.15) is 0 Å². The Hall–Kier alpha value is -0.940. The Kier molecular flexibility index (Phi) is 4.12. The summed E-state index contributed by atoms with van der Waals surface area (Å²) in [6.45, 7) is 1.10. The molecular formula is C12H14BrFN2O. The fourth-order valence-electron chi connectivity index (χ4n) is 1.50. The van der Waals surface area contributed by atoms with Crippen molar-refractivity contribution in [3.8, 4) is 0 Å². The Labute approximate surface area is 108 Å². The van der Waals surface area contributed by atoms with Gasteiger partial charge in [0.15, 0.2) is 0 Å². The molecule has 1 aliphatic carbocycles. The van der Waals surface area contributed by atoms with Crippen molar-refractivity contribution in [3.63, 3.8) is 0 Å². The quantitative estimate of drug-likeness (QED) is 0.877. The topological polar surface area (TPSA) is 41.1 Å². The van der Waals surface area contributed by atoms with Crippen molar-refractivity contribution in [3.05, 3.63) is 28.5 Å². The van der Waals surface area contributed by atoms with Crippen molar-refractivity contribution in [1.82, 2.24) is 5.32 Å². The number of carbonyl (C=O) groups is 1. The summed E-state index contributed by atoms with van der Waals surface area (Å²) in [5, 5.41) is 5.59. The standard InChI is InChI=1S/C12H14BrFN2O/c13-9-3-4-11(10(14)5-9)16-12(17)7-15-6-8-1-2-8/h3-5,8,15H,1-2,6-7H2,(H,16,17). The molecule has 1 aliphatic rings. The molecule has 17 heavy (non-hydrogen) atoms. The lowest BCUT2D eigenvalue weighted by atomic mass is 10.3. The summed E-state index contributed by atoms with van der Waals surface area (Å²) in [6.07, 6.45) is 2.49. The molecule has 2 N–H and O–H groups in total. The number of anilines is 1. The second-order valence-corrected chi connectivity index (χ2v) is 5.16. The van der Waals surface area contributed by atoms with Crippen LogP contribution in [-0.2, 0) is 4.79 Å². The van der Waals surface area contributed by atoms with Gasteiger partial charge in [-0.15, -0.1) is 0 Å². The van der Waals surface area contributed by atoms with E-state index >= 15 is 0 Å². The summed E-state index contributed by atoms with van der Waals surface area (Å²) in [5.41, 5.74) is 0.214. The molecule has 0 radical (unpaired) electrons. The van der Waals surface area contributed by atoms with Crippen LogP contribution in [0.5, 0.6) is 0 Å². The van der Waals surface area contributed by atoms with Crippen molar-refractivity contribution in [1.29, 1.82) is 0 Å². The lowest BCUT2D eigenvalue weighted by Gasteiger charge is -2.07. The first-order chi connectivity index (χ1) is 8.15. The van der Waals surface area contributed by atoms with Crippen LogP contribution in [0.15, 0.2) is 22.7 Å². The first-order valence-corrected chi connectivity index (χ1v) is 6.40. The number of hydrogen-bond acceptors (Lipinski definition) is 2. The van der Waals surface area contributed by atoms with Gasteiger partial charge < -0.3 is 10.6 Å². The highest BCUT2D eigenvalue weighted by Crippen LogP contribution is 2.27. The Balaban J connectivity index is 1.79. The lowest BCUT2D eigenvalue weighted by molar-refractivity contribution is -0.115. The van der Waals surface area contributed by atoms with Crippen molar-refractivity contribution in [2.45, 2.75) is 12.8 Å². The van der Waals surface area contributed by atoms with Gasteiger partial charge in [0, 0.05) is 4.47 Å². The maximum Gasteiger partial charge on any atom is 0.238 e. The van der Waals surface area contributed by atoms with Crippen LogP contribution in [0, 0.1) is 11.7 Å². The van der Waals surface area contributed by atoms with Gasteiger partial charge >= 0.3 is 0 Å². The van der Waals surface area contributed by atoms with Gasteiger partial charge in [0.25, 0.3) is 0 Å². The predicted molar refractivity (Wildman–Crippen MR) is 68.3 cm³/mol. The Morgan fingerprint density at radius 3 is 2.88 bits per heavy atom. The molecule has 1 aromatic carbocycles. The predicted octanol–water partition coefficient (Wildman–Crippen LogP) is 2.53. The molecule has 0 spiro atoms. The fraction of sp³-hybridized carbons (Fsp3) is 0.417. The molecule has 0 aliphatic heterocycles. The molecular weight excluding hydrogens is 287 g/mol. The highest BCUT2D eigenvalue weighted by molar-refractivity contribution is 9.10. The number of amides is 1. The molecule has 0 unspecified atom stereocenters. The minimum absolute atomic E-state index is 0.214. The highest BCUT2D eigenvalue weighted by Gasteiger charge is 2.20. The fourth-order valence-corrected chi connectivity index (χ4v) is 1.83. The van der Waals surface area contributed by atoms with Gasteiger partial charge in [-0.3, -0.25) is 4.79 Å². The molecule has 0 heterocycles. The van der Waals surface area contributed by atoms with E-state index in [-0.39, 0.29) is 18.1 Å². The zero-order valence-corrected chi connectivity index (χ0v) is 10.9. The van der Waals surface area contributed by atoms with E-state index in [1.54, 1.807) is 6.07 Å². The minimum Gasteiger partial charge on any atom is -0.322 e. The molecule has 1 aromatic rings. The average Bonchev–Trinajstić information content (AvgIpc) is 3.06. The largest absolute Gasteiger partial charge is 0.322 e. The molecule has 0 bridgehead atoms. The van der Waals surface area contributed by atoms with E-state index in [0.717, 1.165) is 12.5 Å². The van der Waals surface area contributed by atoms with Gasteiger partial charge in [0.2, 0.25) is 5.91 Å². The molecule has 3 nitrogen and oxygen atoms in total. The Bertz CT molecular complexity index is 421. The molecule has 0 saturated heterocycles. The first-order valence-electron chi connectivity index (χ1n) is 5.61. The molecule has 2 rings (SSSR count). The third kappa shape index (κ3) is 4.09. The van der Waals surface area contributed by atoms with Crippen LogP contribution in [0.4, 0.5) is 10.1 Å². The van der Waals surface area contributed by atoms with Crippen LogP contribution < -0.4 is 10.6 Å². The van der Waals surface area contributed by atoms with E-state index in [1.807, 2.05) is 0 Å². The number of carbonyl (C=O) groups excluding carboxylic acids is 1. The third-order valence-electron chi connectivity index (χ3n) is 2.62. The van der Waals surface area contributed by atoms with Crippen molar-refractivity contribution in [2.75, 3.05) is 18.4 Å². The average molecular weight is 301 g/mol. The third-order valence-corrected chi connectivity index (χ3v) is 3.11. The van der Waals surface area contributed by atoms with Crippen LogP contribution in [0.25, 0.3) is 0 Å². The molecule has 1 fully saturated rings. The van der Waals surface area contributed by atoms with Crippen LogP contribution in [0.2, 0.25) is 0 Å². The molecule has 1 saturated carbocycles. The smallest absolute Gasteiger partial charge is 0.238 e. The number of hydrogen-bond donors (Lipinski definition) is 2. The van der Waals surface area contributed by atoms with E-state index in [0.29, 0.717) is 4.47 Å². The lowest BCUT2D eigenvalue weighted by Crippen LogP contribution is -2.29. The van der Waals surface area contributed by atoms with E-state index in [4.69, 9.17) is 0 Å². The first kappa shape index (κ1) is 12.5. The summed E-state index contributed by atoms with van der Waals surface area (Å²) in [4.78, 5) is 11.5. The number of rotatable bonds is 5. The minimum atomic E-state index is -0.435. The molecule has 1 amide bonds. The maximum absolute atomic E-state index is 13.4. The van der Waals surface area contributed by atoms with E-state index < -0.39 is 5.82 Å². The second-order valence-electron chi connectivity index (χ2n) is 4.25. The van der Waals surface area contributed by atoms with E-state index in [9.17, 15) is 9.18 Å². The van der Waals surface area contributed by atoms with Gasteiger partial charge in [0.1, 0.15) is 5.82 Å². The zero-order chi connectivity index (χ0) is 12.3. The molecule has 5 heteroatoms. The summed E-state index contributed by atoms with van der Waals surface area (Å²) in [5.74, 6) is 0.0778. The zero-order valence-electron chi connectivity index (χ0n) is 9.30. The Morgan fingerprint density at radius 1 is 1.47 bits per heavy atom. The molecule has 0 aromatic heterocycles. The summed E-state index contributed by atoms with van der Waals surface area (Å²) in [7, 11) is 0.